The molecule has 2 unspecified atom stereocenters. The minimum atomic E-state index is -1.64. The van der Waals surface area contributed by atoms with Gasteiger partial charge in [-0.05, 0) is 25.7 Å². The molecule has 21 heavy (non-hydrogen) atoms. The molecular weight excluding hydrogens is 399 g/mol. The molecule has 0 spiro atoms. The molecule has 0 bridgehead atoms. The predicted molar refractivity (Wildman–Crippen MR) is 99.6 cm³/mol. The van der Waals surface area contributed by atoms with E-state index in [1.54, 1.807) is 21.6 Å². The van der Waals surface area contributed by atoms with Gasteiger partial charge in [0.2, 0.25) is 0 Å². The second-order valence-corrected chi connectivity index (χ2v) is 11.3. The van der Waals surface area contributed by atoms with Crippen molar-refractivity contribution in [1.29, 1.82) is 0 Å². The van der Waals surface area contributed by atoms with Gasteiger partial charge in [0.15, 0.2) is 22.2 Å². The van der Waals surface area contributed by atoms with Crippen molar-refractivity contribution in [1.82, 2.24) is 0 Å². The standard InChI is InChI=1S/C10H22O4S6.Na/c11-19(12)9-3-7-17-15-5-1-2-6-16-18-8-4-10-20(13)14;/h1-10H2,(H,11,12)(H,13,14);/q;+1. The molecule has 0 heterocycles. The third-order valence-electron chi connectivity index (χ3n) is 1.97. The van der Waals surface area contributed by atoms with Gasteiger partial charge in [0.05, 0.1) is 11.5 Å². The fourth-order valence-corrected chi connectivity index (χ4v) is 6.66. The van der Waals surface area contributed by atoms with Gasteiger partial charge in [-0.15, -0.1) is 0 Å². The average Bonchev–Trinajstić information content (AvgIpc) is 2.38. The van der Waals surface area contributed by atoms with Crippen molar-refractivity contribution in [2.24, 2.45) is 0 Å². The van der Waals surface area contributed by atoms with Crippen LogP contribution in [0.25, 0.3) is 0 Å². The molecule has 0 rings (SSSR count). The van der Waals surface area contributed by atoms with Crippen LogP contribution in [0.15, 0.2) is 0 Å². The van der Waals surface area contributed by atoms with Crippen molar-refractivity contribution in [2.75, 3.05) is 34.5 Å². The third kappa shape index (κ3) is 25.0. The summed E-state index contributed by atoms with van der Waals surface area (Å²) in [5.74, 6) is 4.89. The van der Waals surface area contributed by atoms with Gasteiger partial charge in [-0.3, -0.25) is 0 Å². The Balaban J connectivity index is 0. The molecule has 122 valence electrons. The van der Waals surface area contributed by atoms with Crippen LogP contribution in [0, 0.1) is 0 Å². The van der Waals surface area contributed by atoms with E-state index < -0.39 is 22.2 Å². The molecule has 0 fully saturated rings. The average molecular weight is 422 g/mol. The molecule has 0 aliphatic heterocycles. The van der Waals surface area contributed by atoms with Crippen LogP contribution >= 0.6 is 43.2 Å². The molecule has 2 atom stereocenters. The Morgan fingerprint density at radius 2 is 0.905 bits per heavy atom. The van der Waals surface area contributed by atoms with Crippen molar-refractivity contribution >= 4 is 65.3 Å². The molecule has 0 aromatic rings. The van der Waals surface area contributed by atoms with E-state index in [-0.39, 0.29) is 29.6 Å². The largest absolute Gasteiger partial charge is 1.00 e. The molecule has 11 heteroatoms. The van der Waals surface area contributed by atoms with Crippen LogP contribution < -0.4 is 29.6 Å². The molecule has 0 aromatic carbocycles. The van der Waals surface area contributed by atoms with Crippen molar-refractivity contribution < 1.29 is 47.1 Å². The van der Waals surface area contributed by atoms with E-state index in [1.807, 2.05) is 21.6 Å². The van der Waals surface area contributed by atoms with Crippen LogP contribution in [0.4, 0.5) is 0 Å². The minimum Gasteiger partial charge on any atom is -0.306 e. The molecule has 0 aliphatic carbocycles. The van der Waals surface area contributed by atoms with Crippen LogP contribution in [0.1, 0.15) is 25.7 Å². The Morgan fingerprint density at radius 3 is 1.19 bits per heavy atom. The van der Waals surface area contributed by atoms with Gasteiger partial charge in [-0.2, -0.15) is 0 Å². The molecule has 0 aromatic heterocycles. The summed E-state index contributed by atoms with van der Waals surface area (Å²) < 4.78 is 38.0. The summed E-state index contributed by atoms with van der Waals surface area (Å²) in [4.78, 5) is 0. The third-order valence-corrected chi connectivity index (χ3v) is 8.40. The van der Waals surface area contributed by atoms with Gasteiger partial charge in [-0.1, -0.05) is 43.2 Å². The van der Waals surface area contributed by atoms with Gasteiger partial charge in [0.25, 0.3) is 0 Å². The molecule has 4 nitrogen and oxygen atoms in total. The summed E-state index contributed by atoms with van der Waals surface area (Å²) in [5.41, 5.74) is 0. The first kappa shape index (κ1) is 25.9. The topological polar surface area (TPSA) is 74.6 Å². The Hall–Kier alpha value is 2.62. The first-order valence-electron chi connectivity index (χ1n) is 6.26. The fraction of sp³-hybridized carbons (Fsp3) is 1.00. The SMILES string of the molecule is O=S(O)CCCSSCCCCSSCCCS(=O)O.[Na+]. The zero-order valence-corrected chi connectivity index (χ0v) is 19.1. The molecule has 0 aliphatic rings. The van der Waals surface area contributed by atoms with E-state index in [1.165, 1.54) is 12.8 Å². The first-order chi connectivity index (χ1) is 9.63. The zero-order valence-electron chi connectivity index (χ0n) is 12.2. The van der Waals surface area contributed by atoms with Crippen molar-refractivity contribution in [3.05, 3.63) is 0 Å². The molecule has 0 saturated carbocycles. The van der Waals surface area contributed by atoms with E-state index in [9.17, 15) is 8.42 Å². The number of hydrogen-bond acceptors (Lipinski definition) is 6. The molecular formula is C10H22NaO4S6+. The number of unbranched alkanes of at least 4 members (excludes halogenated alkanes) is 1. The van der Waals surface area contributed by atoms with E-state index in [0.29, 0.717) is 11.5 Å². The summed E-state index contributed by atoms with van der Waals surface area (Å²) in [7, 11) is 7.24. The Kier molecular flexibility index (Phi) is 25.4. The van der Waals surface area contributed by atoms with Crippen LogP contribution in [0.5, 0.6) is 0 Å². The smallest absolute Gasteiger partial charge is 0.306 e. The first-order valence-corrected chi connectivity index (χ1v) is 13.8. The summed E-state index contributed by atoms with van der Waals surface area (Å²) >= 11 is -3.28. The molecule has 0 radical (unpaired) electrons. The molecule has 2 N–H and O–H groups in total. The zero-order chi connectivity index (χ0) is 15.1. The molecule has 0 amide bonds. The van der Waals surface area contributed by atoms with Gasteiger partial charge < -0.3 is 9.11 Å². The molecule has 0 saturated heterocycles. The van der Waals surface area contributed by atoms with Crippen LogP contribution in [-0.2, 0) is 22.2 Å². The van der Waals surface area contributed by atoms with E-state index in [0.717, 1.165) is 35.9 Å². The van der Waals surface area contributed by atoms with E-state index in [2.05, 4.69) is 0 Å². The van der Waals surface area contributed by atoms with E-state index in [4.69, 9.17) is 9.11 Å². The van der Waals surface area contributed by atoms with E-state index >= 15 is 0 Å². The maximum absolute atomic E-state index is 10.4. The normalized spacial score (nSPS) is 13.6. The Bertz CT molecular complexity index is 246. The minimum absolute atomic E-state index is 0. The summed E-state index contributed by atoms with van der Waals surface area (Å²) in [6.07, 6.45) is 3.98. The monoisotopic (exact) mass is 421 g/mol. The predicted octanol–water partition coefficient (Wildman–Crippen LogP) is 0.757. The summed E-state index contributed by atoms with van der Waals surface area (Å²) in [6.45, 7) is 0. The maximum atomic E-state index is 10.4. The summed E-state index contributed by atoms with van der Waals surface area (Å²) in [6, 6.07) is 0. The van der Waals surface area contributed by atoms with Crippen LogP contribution in [-0.4, -0.2) is 52.0 Å². The van der Waals surface area contributed by atoms with Crippen molar-refractivity contribution in [2.45, 2.75) is 25.7 Å². The quantitative estimate of drug-likeness (QED) is 0.174. The Labute approximate surface area is 170 Å². The maximum Gasteiger partial charge on any atom is 1.00 e. The second-order valence-electron chi connectivity index (χ2n) is 3.75. The van der Waals surface area contributed by atoms with Crippen LogP contribution in [0.2, 0.25) is 0 Å². The number of rotatable bonds is 15. The Morgan fingerprint density at radius 1 is 0.619 bits per heavy atom. The van der Waals surface area contributed by atoms with Gasteiger partial charge in [0, 0.05) is 23.0 Å². The second kappa shape index (κ2) is 20.7. The summed E-state index contributed by atoms with van der Waals surface area (Å²) in [5, 5.41) is 0. The number of hydrogen-bond donors (Lipinski definition) is 2. The van der Waals surface area contributed by atoms with Gasteiger partial charge in [-0.25, -0.2) is 8.42 Å². The van der Waals surface area contributed by atoms with Crippen LogP contribution in [0.3, 0.4) is 0 Å². The fourth-order valence-electron chi connectivity index (χ4n) is 1.04. The van der Waals surface area contributed by atoms with Crippen molar-refractivity contribution in [3.63, 3.8) is 0 Å². The van der Waals surface area contributed by atoms with Gasteiger partial charge >= 0.3 is 29.6 Å². The van der Waals surface area contributed by atoms with Crippen molar-refractivity contribution in [3.8, 4) is 0 Å². The van der Waals surface area contributed by atoms with Gasteiger partial charge in [0.1, 0.15) is 0 Å².